The van der Waals surface area contributed by atoms with Gasteiger partial charge in [0.2, 0.25) is 0 Å². The molecule has 0 radical (unpaired) electrons. The fraction of sp³-hybridized carbons (Fsp3) is 0.353. The lowest BCUT2D eigenvalue weighted by atomic mass is 10.1. The van der Waals surface area contributed by atoms with Crippen molar-refractivity contribution in [2.45, 2.75) is 26.4 Å². The van der Waals surface area contributed by atoms with Crippen LogP contribution in [0.3, 0.4) is 0 Å². The van der Waals surface area contributed by atoms with Crippen molar-refractivity contribution in [3.05, 3.63) is 42.1 Å². The molecule has 2 aromatic rings. The molecular weight excluding hydrogens is 260 g/mol. The van der Waals surface area contributed by atoms with Gasteiger partial charge in [0.15, 0.2) is 0 Å². The van der Waals surface area contributed by atoms with Crippen molar-refractivity contribution in [3.63, 3.8) is 0 Å². The van der Waals surface area contributed by atoms with Gasteiger partial charge in [-0.3, -0.25) is 5.32 Å². The summed E-state index contributed by atoms with van der Waals surface area (Å²) in [6.07, 6.45) is 5.58. The zero-order chi connectivity index (χ0) is 15.0. The minimum atomic E-state index is 0.170. The van der Waals surface area contributed by atoms with Gasteiger partial charge in [0.05, 0.1) is 5.52 Å². The Morgan fingerprint density at radius 3 is 2.76 bits per heavy atom. The monoisotopic (exact) mass is 282 g/mol. The van der Waals surface area contributed by atoms with E-state index in [1.165, 1.54) is 16.5 Å². The van der Waals surface area contributed by atoms with E-state index in [-0.39, 0.29) is 6.17 Å². The van der Waals surface area contributed by atoms with Crippen LogP contribution in [0, 0.1) is 0 Å². The van der Waals surface area contributed by atoms with Crippen LogP contribution in [-0.4, -0.2) is 35.6 Å². The quantitative estimate of drug-likeness (QED) is 0.939. The second-order valence-electron chi connectivity index (χ2n) is 5.42. The molecule has 4 nitrogen and oxygen atoms in total. The first-order valence-electron chi connectivity index (χ1n) is 7.42. The lowest BCUT2D eigenvalue weighted by Gasteiger charge is -2.31. The van der Waals surface area contributed by atoms with Crippen molar-refractivity contribution in [1.29, 1.82) is 0 Å². The van der Waals surface area contributed by atoms with Crippen LogP contribution in [0.25, 0.3) is 16.7 Å². The molecule has 1 aliphatic rings. The van der Waals surface area contributed by atoms with Gasteiger partial charge in [-0.1, -0.05) is 25.1 Å². The van der Waals surface area contributed by atoms with Crippen LogP contribution >= 0.6 is 0 Å². The fourth-order valence-electron chi connectivity index (χ4n) is 2.87. The number of likely N-dealkylation sites (N-methyl/N-ethyl adjacent to an activating group) is 2. The molecule has 0 spiro atoms. The minimum Gasteiger partial charge on any atom is -0.344 e. The van der Waals surface area contributed by atoms with Crippen LogP contribution < -0.4 is 5.32 Å². The van der Waals surface area contributed by atoms with Crippen molar-refractivity contribution >= 4 is 22.6 Å². The highest BCUT2D eigenvalue weighted by Crippen LogP contribution is 2.27. The molecule has 0 amide bonds. The van der Waals surface area contributed by atoms with E-state index in [0.717, 1.165) is 18.1 Å². The maximum absolute atomic E-state index is 4.76. The molecule has 4 heteroatoms. The van der Waals surface area contributed by atoms with Crippen molar-refractivity contribution in [1.82, 2.24) is 14.8 Å². The Hall–Kier alpha value is -2.07. The lowest BCUT2D eigenvalue weighted by molar-refractivity contribution is 0.376. The number of hydrogen-bond donors (Lipinski definition) is 1. The van der Waals surface area contributed by atoms with Gasteiger partial charge in [-0.2, -0.15) is 0 Å². The maximum Gasteiger partial charge on any atom is 0.138 e. The zero-order valence-electron chi connectivity index (χ0n) is 13.1. The molecule has 21 heavy (non-hydrogen) atoms. The number of hydrogen-bond acceptors (Lipinski definition) is 3. The van der Waals surface area contributed by atoms with Crippen LogP contribution in [0.1, 0.15) is 19.4 Å². The molecule has 1 unspecified atom stereocenters. The number of amidine groups is 1. The Morgan fingerprint density at radius 2 is 2.05 bits per heavy atom. The summed E-state index contributed by atoms with van der Waals surface area (Å²) in [7, 11) is 4.03. The van der Waals surface area contributed by atoms with Gasteiger partial charge in [0.1, 0.15) is 17.8 Å². The molecule has 3 rings (SSSR count). The van der Waals surface area contributed by atoms with E-state index in [9.17, 15) is 0 Å². The van der Waals surface area contributed by atoms with Crippen molar-refractivity contribution in [3.8, 4) is 0 Å². The van der Waals surface area contributed by atoms with Crippen molar-refractivity contribution in [2.24, 2.45) is 4.99 Å². The minimum absolute atomic E-state index is 0.170. The molecule has 1 aromatic heterocycles. The van der Waals surface area contributed by atoms with E-state index in [1.54, 1.807) is 0 Å². The summed E-state index contributed by atoms with van der Waals surface area (Å²) in [5, 5.41) is 4.62. The molecule has 1 aliphatic heterocycles. The first-order chi connectivity index (χ1) is 10.2. The summed E-state index contributed by atoms with van der Waals surface area (Å²) in [5.41, 5.74) is 2.58. The van der Waals surface area contributed by atoms with Gasteiger partial charge in [-0.15, -0.1) is 0 Å². The largest absolute Gasteiger partial charge is 0.344 e. The molecule has 2 heterocycles. The number of fused-ring (bicyclic) bond motifs is 1. The number of benzene rings is 1. The summed E-state index contributed by atoms with van der Waals surface area (Å²) in [4.78, 5) is 6.89. The molecule has 110 valence electrons. The molecule has 0 fully saturated rings. The Labute approximate surface area is 125 Å². The molecule has 0 saturated heterocycles. The summed E-state index contributed by atoms with van der Waals surface area (Å²) in [5.74, 6) is 2.00. The SMILES string of the molecule is CCc1cn(C2=CC(NC)N(C)C(C)=N2)c2ccccc12. The van der Waals surface area contributed by atoms with Gasteiger partial charge < -0.3 is 9.47 Å². The Morgan fingerprint density at radius 1 is 1.29 bits per heavy atom. The predicted molar refractivity (Wildman–Crippen MR) is 89.3 cm³/mol. The predicted octanol–water partition coefficient (Wildman–Crippen LogP) is 2.91. The summed E-state index contributed by atoms with van der Waals surface area (Å²) < 4.78 is 2.20. The van der Waals surface area contributed by atoms with Crippen LogP contribution in [0.4, 0.5) is 0 Å². The first-order valence-corrected chi connectivity index (χ1v) is 7.42. The number of nitrogens with zero attached hydrogens (tertiary/aromatic N) is 3. The fourth-order valence-corrected chi connectivity index (χ4v) is 2.87. The number of aryl methyl sites for hydroxylation is 1. The van der Waals surface area contributed by atoms with Crippen LogP contribution in [-0.2, 0) is 6.42 Å². The molecule has 0 aliphatic carbocycles. The van der Waals surface area contributed by atoms with Gasteiger partial charge >= 0.3 is 0 Å². The van der Waals surface area contributed by atoms with Crippen LogP contribution in [0.5, 0.6) is 0 Å². The average molecular weight is 282 g/mol. The van der Waals surface area contributed by atoms with Gasteiger partial charge in [0.25, 0.3) is 0 Å². The van der Waals surface area contributed by atoms with Crippen LogP contribution in [0.2, 0.25) is 0 Å². The smallest absolute Gasteiger partial charge is 0.138 e. The third-order valence-electron chi connectivity index (χ3n) is 4.23. The Kier molecular flexibility index (Phi) is 3.55. The van der Waals surface area contributed by atoms with E-state index in [1.807, 2.05) is 14.0 Å². The number of aliphatic imine (C=N–C) groups is 1. The normalized spacial score (nSPS) is 18.9. The van der Waals surface area contributed by atoms with Crippen molar-refractivity contribution in [2.75, 3.05) is 14.1 Å². The van der Waals surface area contributed by atoms with E-state index in [0.29, 0.717) is 0 Å². The zero-order valence-corrected chi connectivity index (χ0v) is 13.1. The molecule has 0 saturated carbocycles. The molecule has 1 aromatic carbocycles. The molecule has 1 atom stereocenters. The third kappa shape index (κ3) is 2.25. The maximum atomic E-state index is 4.76. The highest BCUT2D eigenvalue weighted by atomic mass is 15.3. The highest BCUT2D eigenvalue weighted by molar-refractivity contribution is 5.90. The van der Waals surface area contributed by atoms with Crippen LogP contribution in [0.15, 0.2) is 41.5 Å². The second-order valence-corrected chi connectivity index (χ2v) is 5.42. The average Bonchev–Trinajstić information content (AvgIpc) is 2.89. The van der Waals surface area contributed by atoms with Crippen molar-refractivity contribution < 1.29 is 0 Å². The highest BCUT2D eigenvalue weighted by Gasteiger charge is 2.20. The number of rotatable bonds is 3. The molecular formula is C17H22N4. The number of para-hydroxylation sites is 1. The number of aromatic nitrogens is 1. The van der Waals surface area contributed by atoms with Gasteiger partial charge in [0, 0.05) is 18.6 Å². The van der Waals surface area contributed by atoms with E-state index in [2.05, 4.69) is 65.3 Å². The third-order valence-corrected chi connectivity index (χ3v) is 4.23. The standard InChI is InChI=1S/C17H22N4/c1-5-13-11-21(15-9-7-6-8-14(13)15)17-10-16(18-3)20(4)12(2)19-17/h6-11,16,18H,5H2,1-4H3. The first kappa shape index (κ1) is 13.9. The van der Waals surface area contributed by atoms with Gasteiger partial charge in [-0.05, 0) is 38.1 Å². The van der Waals surface area contributed by atoms with Gasteiger partial charge in [-0.25, -0.2) is 4.99 Å². The summed E-state index contributed by atoms with van der Waals surface area (Å²) in [6.45, 7) is 4.24. The van der Waals surface area contributed by atoms with E-state index >= 15 is 0 Å². The Bertz CT molecular complexity index is 723. The molecule has 0 bridgehead atoms. The topological polar surface area (TPSA) is 32.6 Å². The second kappa shape index (κ2) is 5.37. The summed E-state index contributed by atoms with van der Waals surface area (Å²) in [6, 6.07) is 8.53. The van der Waals surface area contributed by atoms with E-state index in [4.69, 9.17) is 4.99 Å². The van der Waals surface area contributed by atoms with E-state index < -0.39 is 0 Å². The molecule has 1 N–H and O–H groups in total. The lowest BCUT2D eigenvalue weighted by Crippen LogP contribution is -2.44. The summed E-state index contributed by atoms with van der Waals surface area (Å²) >= 11 is 0. The Balaban J connectivity index is 2.17. The number of nitrogens with one attached hydrogen (secondary N) is 1.